The lowest BCUT2D eigenvalue weighted by molar-refractivity contribution is -0.460. The topological polar surface area (TPSA) is 9.23 Å². The molecule has 0 spiro atoms. The zero-order valence-corrected chi connectivity index (χ0v) is 24.8. The maximum atomic E-state index is 13.7. The molecule has 0 heterocycles. The molecular weight excluding hydrogens is 978 g/mol. The van der Waals surface area contributed by atoms with Crippen molar-refractivity contribution in [2.45, 2.75) is 95.3 Å². The van der Waals surface area contributed by atoms with Gasteiger partial charge in [-0.25, -0.2) is 0 Å². The Morgan fingerprint density at radius 3 is 0.492 bits per heavy atom. The molecule has 0 unspecified atom stereocenters. The van der Waals surface area contributed by atoms with Gasteiger partial charge in [0.05, 0.1) is 0 Å². The van der Waals surface area contributed by atoms with Crippen LogP contribution < -0.4 is 0 Å². The minimum atomic E-state index is -9.59. The monoisotopic (exact) mass is 978 g/mol. The first-order chi connectivity index (χ1) is 24.9. The molecule has 0 aromatic carbocycles. The van der Waals surface area contributed by atoms with E-state index in [1.807, 2.05) is 0 Å². The molecule has 0 amide bonds. The normalized spacial score (nSPS) is 17.5. The van der Waals surface area contributed by atoms with Crippen molar-refractivity contribution in [3.05, 3.63) is 23.7 Å². The van der Waals surface area contributed by atoms with E-state index in [-0.39, 0.29) is 0 Å². The maximum Gasteiger partial charge on any atom is 0.460 e. The second kappa shape index (κ2) is 14.1. The Morgan fingerprint density at radius 1 is 0.203 bits per heavy atom. The third-order valence-corrected chi connectivity index (χ3v) is 6.52. The van der Waals surface area contributed by atoms with Crippen LogP contribution >= 0.6 is 0 Å². The van der Waals surface area contributed by atoms with Crippen LogP contribution in [0.2, 0.25) is 0 Å². The average Bonchev–Trinajstić information content (AvgIpc) is 3.01. The van der Waals surface area contributed by atoms with Gasteiger partial charge in [-0.15, -0.1) is 0 Å². The van der Waals surface area contributed by atoms with Crippen LogP contribution in [-0.4, -0.2) is 95.3 Å². The molecule has 0 atom stereocenters. The maximum absolute atomic E-state index is 13.7. The molecule has 0 bridgehead atoms. The van der Waals surface area contributed by atoms with E-state index in [0.29, 0.717) is 0 Å². The largest absolute Gasteiger partial charge is 0.460 e. The molecule has 0 rings (SSSR count). The predicted octanol–water partition coefficient (Wildman–Crippen LogP) is 13.2. The van der Waals surface area contributed by atoms with Gasteiger partial charge in [0.25, 0.3) is 0 Å². The number of hydrogen-bond acceptors (Lipinski definition) is 1. The zero-order chi connectivity index (χ0) is 49.0. The van der Waals surface area contributed by atoms with E-state index in [9.17, 15) is 167 Å². The van der Waals surface area contributed by atoms with Gasteiger partial charge >= 0.3 is 107 Å². The summed E-state index contributed by atoms with van der Waals surface area (Å²) in [6, 6.07) is -11.0. The molecule has 0 fully saturated rings. The summed E-state index contributed by atoms with van der Waals surface area (Å²) in [5.41, 5.74) is 0. The van der Waals surface area contributed by atoms with Crippen molar-refractivity contribution in [1.29, 1.82) is 0 Å². The molecule has 0 aliphatic rings. The molecule has 0 aliphatic carbocycles. The lowest BCUT2D eigenvalue weighted by Gasteiger charge is -2.42. The van der Waals surface area contributed by atoms with Gasteiger partial charge in [0.15, 0.2) is 0 Å². The molecule has 59 heavy (non-hydrogen) atoms. The van der Waals surface area contributed by atoms with Crippen LogP contribution in [0.15, 0.2) is 23.7 Å². The van der Waals surface area contributed by atoms with Crippen LogP contribution in [-0.2, 0) is 4.74 Å². The summed E-state index contributed by atoms with van der Waals surface area (Å²) < 4.78 is 503. The molecule has 352 valence electrons. The molecule has 0 radical (unpaired) electrons. The lowest BCUT2D eigenvalue weighted by atomic mass is 9.88. The van der Waals surface area contributed by atoms with E-state index in [2.05, 4.69) is 0 Å². The van der Waals surface area contributed by atoms with Crippen molar-refractivity contribution in [3.8, 4) is 0 Å². The van der Waals surface area contributed by atoms with Crippen molar-refractivity contribution in [2.75, 3.05) is 0 Å². The van der Waals surface area contributed by atoms with Gasteiger partial charge in [0, 0.05) is 0 Å². The molecule has 0 saturated heterocycles. The lowest BCUT2D eigenvalue weighted by Crippen LogP contribution is -2.74. The number of allylic oxidation sites excluding steroid dienone is 2. The van der Waals surface area contributed by atoms with Crippen LogP contribution in [0.3, 0.4) is 0 Å². The summed E-state index contributed by atoms with van der Waals surface area (Å²) >= 11 is 0. The Morgan fingerprint density at radius 2 is 0.339 bits per heavy atom. The summed E-state index contributed by atoms with van der Waals surface area (Å²) in [5.74, 6) is -142. The third-order valence-electron chi connectivity index (χ3n) is 6.52. The third kappa shape index (κ3) is 7.04. The first-order valence-corrected chi connectivity index (χ1v) is 12.1. The second-order valence-electron chi connectivity index (χ2n) is 10.3. The first-order valence-electron chi connectivity index (χ1n) is 12.1. The molecule has 39 heteroatoms. The highest BCUT2D eigenvalue weighted by Gasteiger charge is 2.97. The van der Waals surface area contributed by atoms with Crippen LogP contribution in [0.1, 0.15) is 0 Å². The number of ether oxygens (including phenoxy) is 1. The molecule has 0 aromatic rings. The average molecular weight is 978 g/mol. The summed E-state index contributed by atoms with van der Waals surface area (Å²) in [7, 11) is 0. The van der Waals surface area contributed by atoms with Crippen LogP contribution in [0.25, 0.3) is 0 Å². The van der Waals surface area contributed by atoms with Crippen molar-refractivity contribution >= 4 is 0 Å². The minimum absolute atomic E-state index is 1.54. The van der Waals surface area contributed by atoms with E-state index in [4.69, 9.17) is 0 Å². The van der Waals surface area contributed by atoms with Crippen LogP contribution in [0.4, 0.5) is 167 Å². The Hall–Kier alpha value is -3.38. The van der Waals surface area contributed by atoms with Crippen molar-refractivity contribution in [3.63, 3.8) is 0 Å². The molecule has 0 aliphatic heterocycles. The van der Waals surface area contributed by atoms with Gasteiger partial charge in [-0.1, -0.05) is 0 Å². The number of halogens is 38. The highest BCUT2D eigenvalue weighted by atomic mass is 19.4. The van der Waals surface area contributed by atoms with Gasteiger partial charge in [-0.3, -0.25) is 0 Å². The molecule has 1 nitrogen and oxygen atoms in total. The Bertz CT molecular complexity index is 1490. The summed E-state index contributed by atoms with van der Waals surface area (Å²) in [5, 5.41) is 0. The minimum Gasteiger partial charge on any atom is -0.400 e. The van der Waals surface area contributed by atoms with E-state index in [1.54, 1.807) is 4.74 Å². The number of hydrogen-bond donors (Lipinski definition) is 0. The van der Waals surface area contributed by atoms with E-state index >= 15 is 0 Å². The Labute approximate surface area is 292 Å². The molecular formula is C20F38O. The van der Waals surface area contributed by atoms with Crippen molar-refractivity contribution in [1.82, 2.24) is 0 Å². The van der Waals surface area contributed by atoms with Gasteiger partial charge in [-0.05, 0) is 0 Å². The number of alkyl halides is 34. The standard InChI is InChI=1S/C20F38O/c21-1(5(25,26)7(29,30)9(33,34)11(37,38)13(41,42)15(45,46)17(49,50)19(53,54)55)3(23)59-4(24)2(22)6(27,28)8(31,32)10(35,36)12(39,40)14(43,44)16(47,48)18(51,52)20(56,57)58. The number of rotatable bonds is 16. The first kappa shape index (κ1) is 55.6. The van der Waals surface area contributed by atoms with Gasteiger partial charge in [0.2, 0.25) is 11.7 Å². The SMILES string of the molecule is FC(OC(F)=C(F)C(F)(F)C(F)(F)C(F)(F)C(F)(F)C(F)(F)C(F)(F)C(F)(F)C(F)(F)F)=C(F)C(F)(F)C(F)(F)C(F)(F)C(F)(F)C(F)(F)C(F)(F)C(F)(F)C(F)(F)F. The van der Waals surface area contributed by atoms with Crippen molar-refractivity contribution in [2.24, 2.45) is 0 Å². The van der Waals surface area contributed by atoms with Gasteiger partial charge < -0.3 is 4.74 Å². The predicted molar refractivity (Wildman–Crippen MR) is 101 cm³/mol. The zero-order valence-electron chi connectivity index (χ0n) is 24.8. The van der Waals surface area contributed by atoms with E-state index in [0.717, 1.165) is 0 Å². The summed E-state index contributed by atoms with van der Waals surface area (Å²) in [4.78, 5) is 0. The molecule has 0 N–H and O–H groups in total. The van der Waals surface area contributed by atoms with Gasteiger partial charge in [0.1, 0.15) is 0 Å². The quantitative estimate of drug-likeness (QED) is 0.111. The summed E-state index contributed by atoms with van der Waals surface area (Å²) in [6.07, 6.45) is -16.6. The fraction of sp³-hybridized carbons (Fsp3) is 0.800. The fourth-order valence-corrected chi connectivity index (χ4v) is 3.02. The highest BCUT2D eigenvalue weighted by molar-refractivity contribution is 5.24. The highest BCUT2D eigenvalue weighted by Crippen LogP contribution is 2.67. The van der Waals surface area contributed by atoms with Crippen LogP contribution in [0, 0.1) is 0 Å². The fourth-order valence-electron chi connectivity index (χ4n) is 3.02. The molecule has 0 aromatic heterocycles. The van der Waals surface area contributed by atoms with E-state index < -0.39 is 119 Å². The second-order valence-corrected chi connectivity index (χ2v) is 10.3. The Balaban J connectivity index is 7.45. The smallest absolute Gasteiger partial charge is 0.400 e. The molecule has 0 saturated carbocycles. The summed E-state index contributed by atoms with van der Waals surface area (Å²) in [6.45, 7) is 0. The van der Waals surface area contributed by atoms with E-state index in [1.165, 1.54) is 0 Å². The van der Waals surface area contributed by atoms with Gasteiger partial charge in [-0.2, -0.15) is 167 Å². The van der Waals surface area contributed by atoms with Crippen LogP contribution in [0.5, 0.6) is 0 Å². The van der Waals surface area contributed by atoms with Crippen molar-refractivity contribution < 1.29 is 172 Å². The Kier molecular flexibility index (Phi) is 13.3.